The molecule has 1 aliphatic carbocycles. The van der Waals surface area contributed by atoms with Crippen LogP contribution in [0.5, 0.6) is 0 Å². The first-order chi connectivity index (χ1) is 18.6. The molecule has 2 aliphatic rings. The van der Waals surface area contributed by atoms with E-state index in [9.17, 15) is 22.0 Å². The van der Waals surface area contributed by atoms with Gasteiger partial charge in [-0.1, -0.05) is 32.0 Å². The Hall–Kier alpha value is -3.18. The maximum absolute atomic E-state index is 13.8. The predicted octanol–water partition coefficient (Wildman–Crippen LogP) is 5.85. The number of nitrogens with zero attached hydrogens (tertiary/aromatic N) is 4. The Kier molecular flexibility index (Phi) is 7.56. The van der Waals surface area contributed by atoms with Crippen molar-refractivity contribution in [2.24, 2.45) is 5.92 Å². The number of tetrazole rings is 1. The van der Waals surface area contributed by atoms with Gasteiger partial charge in [0.25, 0.3) is 5.82 Å². The molecule has 1 aliphatic heterocycles. The highest BCUT2D eigenvalue weighted by molar-refractivity contribution is 5.74. The van der Waals surface area contributed by atoms with Crippen molar-refractivity contribution in [1.82, 2.24) is 25.5 Å². The topological polar surface area (TPSA) is 64.9 Å². The largest absolute Gasteiger partial charge is 0.453 e. The molecule has 2 aromatic carbocycles. The third-order valence-electron chi connectivity index (χ3n) is 7.70. The molecule has 2 heterocycles. The highest BCUT2D eigenvalue weighted by Crippen LogP contribution is 2.53. The molecule has 1 N–H and O–H groups in total. The molecule has 5 rings (SSSR count). The van der Waals surface area contributed by atoms with Gasteiger partial charge in [-0.05, 0) is 94.3 Å². The first kappa shape index (κ1) is 27.4. The van der Waals surface area contributed by atoms with E-state index in [0.29, 0.717) is 17.6 Å². The van der Waals surface area contributed by atoms with Crippen LogP contribution in [0.4, 0.5) is 22.0 Å². The molecule has 0 saturated heterocycles. The van der Waals surface area contributed by atoms with Gasteiger partial charge in [0.05, 0.1) is 17.9 Å². The quantitative estimate of drug-likeness (QED) is 0.283. The highest BCUT2D eigenvalue weighted by atomic mass is 19.4. The molecule has 1 saturated carbocycles. The van der Waals surface area contributed by atoms with Crippen LogP contribution in [0.3, 0.4) is 0 Å². The van der Waals surface area contributed by atoms with Gasteiger partial charge in [0.1, 0.15) is 12.5 Å². The second-order valence-electron chi connectivity index (χ2n) is 10.5. The van der Waals surface area contributed by atoms with Crippen LogP contribution < -0.4 is 5.32 Å². The molecule has 1 spiro atoms. The van der Waals surface area contributed by atoms with Crippen molar-refractivity contribution in [3.8, 4) is 5.69 Å². The maximum atomic E-state index is 13.8. The molecule has 2 unspecified atom stereocenters. The van der Waals surface area contributed by atoms with Crippen molar-refractivity contribution in [1.29, 1.82) is 0 Å². The Bertz CT molecular complexity index is 1340. The number of aromatic nitrogens is 4. The van der Waals surface area contributed by atoms with E-state index in [2.05, 4.69) is 26.9 Å². The number of benzene rings is 2. The van der Waals surface area contributed by atoms with Crippen LogP contribution >= 0.6 is 0 Å². The summed E-state index contributed by atoms with van der Waals surface area (Å²) in [6.07, 6.45) is -1.09. The normalized spacial score (nSPS) is 23.2. The minimum Gasteiger partial charge on any atom is -0.366 e. The van der Waals surface area contributed by atoms with Crippen LogP contribution in [0.15, 0.2) is 48.5 Å². The zero-order valence-electron chi connectivity index (χ0n) is 21.7. The lowest BCUT2D eigenvalue weighted by atomic mass is 9.79. The molecular weight excluding hydrogens is 517 g/mol. The molecule has 39 heavy (non-hydrogen) atoms. The van der Waals surface area contributed by atoms with Crippen LogP contribution in [-0.4, -0.2) is 52.2 Å². The molecule has 3 aromatic rings. The third kappa shape index (κ3) is 5.34. The summed E-state index contributed by atoms with van der Waals surface area (Å²) in [5.74, 6) is -1.42. The van der Waals surface area contributed by atoms with Gasteiger partial charge in [-0.2, -0.15) is 17.9 Å². The fraction of sp³-hybridized carbons (Fsp3) is 0.464. The van der Waals surface area contributed by atoms with Gasteiger partial charge in [-0.25, -0.2) is 8.78 Å². The maximum Gasteiger partial charge on any atom is 0.453 e. The van der Waals surface area contributed by atoms with E-state index in [1.54, 1.807) is 30.3 Å². The third-order valence-corrected chi connectivity index (χ3v) is 7.70. The lowest BCUT2D eigenvalue weighted by Crippen LogP contribution is -2.35. The van der Waals surface area contributed by atoms with Crippen molar-refractivity contribution >= 4 is 5.57 Å². The van der Waals surface area contributed by atoms with E-state index in [-0.39, 0.29) is 42.4 Å². The molecule has 1 fully saturated rings. The molecule has 0 bridgehead atoms. The molecule has 3 atom stereocenters. The van der Waals surface area contributed by atoms with Gasteiger partial charge in [-0.15, -0.1) is 5.10 Å². The van der Waals surface area contributed by atoms with Crippen molar-refractivity contribution in [3.05, 3.63) is 76.9 Å². The molecule has 11 heteroatoms. The molecular formula is C28H30F5N5O. The summed E-state index contributed by atoms with van der Waals surface area (Å²) in [6, 6.07) is 11.5. The van der Waals surface area contributed by atoms with E-state index >= 15 is 0 Å². The number of nitrogens with one attached hydrogen (secondary N) is 1. The number of alkyl halides is 4. The monoisotopic (exact) mass is 547 g/mol. The molecule has 1 aromatic heterocycles. The van der Waals surface area contributed by atoms with E-state index in [1.165, 1.54) is 12.1 Å². The predicted molar refractivity (Wildman–Crippen MR) is 136 cm³/mol. The number of hydrogen-bond donors (Lipinski definition) is 1. The molecule has 0 radical (unpaired) electrons. The van der Waals surface area contributed by atoms with Gasteiger partial charge >= 0.3 is 6.18 Å². The van der Waals surface area contributed by atoms with Crippen molar-refractivity contribution in [3.63, 3.8) is 0 Å². The van der Waals surface area contributed by atoms with Crippen molar-refractivity contribution in [2.75, 3.05) is 26.4 Å². The van der Waals surface area contributed by atoms with Gasteiger partial charge in [0.15, 0.2) is 0 Å². The summed E-state index contributed by atoms with van der Waals surface area (Å²) < 4.78 is 74.3. The summed E-state index contributed by atoms with van der Waals surface area (Å²) >= 11 is 0. The van der Waals surface area contributed by atoms with Crippen LogP contribution in [0.25, 0.3) is 11.3 Å². The lowest BCUT2D eigenvalue weighted by molar-refractivity contribution is -0.146. The van der Waals surface area contributed by atoms with Gasteiger partial charge in [0.2, 0.25) is 0 Å². The Balaban J connectivity index is 1.56. The minimum atomic E-state index is -4.71. The summed E-state index contributed by atoms with van der Waals surface area (Å²) in [5, 5.41) is 13.2. The standard InChI is InChI=1S/C28H30F5N5O/c1-17(2)23-8-7-22(38-26(28(31,32)33)35-36-37-38)13-24(23)20-14-27(39-16-20)10-9-19(15-34-12-11-29)25(27)18-3-5-21(30)6-4-18/h3-8,13-14,17,19,25,34H,9-12,15-16H2,1-2H3/t19?,25?,27-/m1/s1. The smallest absolute Gasteiger partial charge is 0.366 e. The Morgan fingerprint density at radius 1 is 1.15 bits per heavy atom. The summed E-state index contributed by atoms with van der Waals surface area (Å²) in [7, 11) is 0. The summed E-state index contributed by atoms with van der Waals surface area (Å²) in [6.45, 7) is 4.69. The van der Waals surface area contributed by atoms with Gasteiger partial charge in [0, 0.05) is 12.5 Å². The number of halogens is 5. The van der Waals surface area contributed by atoms with E-state index in [1.807, 2.05) is 13.8 Å². The number of rotatable bonds is 8. The lowest BCUT2D eigenvalue weighted by Gasteiger charge is -2.33. The van der Waals surface area contributed by atoms with E-state index in [0.717, 1.165) is 28.7 Å². The average molecular weight is 548 g/mol. The van der Waals surface area contributed by atoms with E-state index < -0.39 is 24.3 Å². The Labute approximate surface area is 223 Å². The fourth-order valence-corrected chi connectivity index (χ4v) is 6.00. The molecule has 208 valence electrons. The van der Waals surface area contributed by atoms with Crippen LogP contribution in [0, 0.1) is 11.7 Å². The second-order valence-corrected chi connectivity index (χ2v) is 10.5. The van der Waals surface area contributed by atoms with Gasteiger partial charge in [-0.3, -0.25) is 0 Å². The van der Waals surface area contributed by atoms with Crippen molar-refractivity contribution in [2.45, 2.75) is 50.3 Å². The Morgan fingerprint density at radius 2 is 1.92 bits per heavy atom. The molecule has 6 nitrogen and oxygen atoms in total. The average Bonchev–Trinajstić information content (AvgIpc) is 3.64. The highest BCUT2D eigenvalue weighted by Gasteiger charge is 2.51. The molecule has 0 amide bonds. The fourth-order valence-electron chi connectivity index (χ4n) is 6.00. The van der Waals surface area contributed by atoms with Crippen molar-refractivity contribution < 1.29 is 26.7 Å². The van der Waals surface area contributed by atoms with Crippen LogP contribution in [-0.2, 0) is 10.9 Å². The zero-order valence-corrected chi connectivity index (χ0v) is 21.7. The summed E-state index contributed by atoms with van der Waals surface area (Å²) in [5.41, 5.74) is 3.06. The Morgan fingerprint density at radius 3 is 2.62 bits per heavy atom. The zero-order chi connectivity index (χ0) is 27.8. The first-order valence-electron chi connectivity index (χ1n) is 13.0. The first-order valence-corrected chi connectivity index (χ1v) is 13.0. The van der Waals surface area contributed by atoms with Crippen LogP contribution in [0.2, 0.25) is 0 Å². The minimum absolute atomic E-state index is 0.0941. The number of ether oxygens (including phenoxy) is 1. The SMILES string of the molecule is CC(C)c1ccc(-n2nnnc2C(F)(F)F)cc1C1=C[C@@]2(CCC(CNCCF)C2c2ccc(F)cc2)OC1. The summed E-state index contributed by atoms with van der Waals surface area (Å²) in [4.78, 5) is 0. The van der Waals surface area contributed by atoms with Crippen LogP contribution in [0.1, 0.15) is 61.0 Å². The second kappa shape index (κ2) is 10.8. The van der Waals surface area contributed by atoms with E-state index in [4.69, 9.17) is 4.74 Å². The number of hydrogen-bond acceptors (Lipinski definition) is 5. The van der Waals surface area contributed by atoms with Gasteiger partial charge < -0.3 is 10.1 Å².